The van der Waals surface area contributed by atoms with Crippen LogP contribution in [0.5, 0.6) is 0 Å². The van der Waals surface area contributed by atoms with Crippen LogP contribution in [0.2, 0.25) is 0 Å². The summed E-state index contributed by atoms with van der Waals surface area (Å²) in [5.41, 5.74) is 0. The van der Waals surface area contributed by atoms with Crippen molar-refractivity contribution in [2.75, 3.05) is 56.8 Å². The van der Waals surface area contributed by atoms with E-state index in [0.29, 0.717) is 10.9 Å². The first-order valence-corrected chi connectivity index (χ1v) is 9.88. The fourth-order valence-corrected chi connectivity index (χ4v) is 7.67. The average molecular weight is 391 g/mol. The van der Waals surface area contributed by atoms with Crippen molar-refractivity contribution in [3.8, 4) is 0 Å². The Balaban J connectivity index is 0.00000144. The molecule has 4 nitrogen and oxygen atoms in total. The van der Waals surface area contributed by atoms with Gasteiger partial charge >= 0.3 is 8.80 Å². The quantitative estimate of drug-likeness (QED) is 0.294. The maximum atomic E-state index is 5.97. The molecule has 0 aliphatic carbocycles. The number of fused-ring (bicyclic) bond motifs is 6. The van der Waals surface area contributed by atoms with Crippen LogP contribution in [-0.2, 0) is 24.2 Å². The first-order chi connectivity index (χ1) is 7.74. The van der Waals surface area contributed by atoms with Crippen LogP contribution in [0.4, 0.5) is 0 Å². The summed E-state index contributed by atoms with van der Waals surface area (Å²) in [5, 5.41) is 1.00. The molecule has 7 heteroatoms. The molecule has 3 saturated heterocycles. The Labute approximate surface area is 125 Å². The topological polar surface area (TPSA) is 30.9 Å². The highest BCUT2D eigenvalue weighted by atomic mass is 127. The number of halogens is 1. The van der Waals surface area contributed by atoms with Gasteiger partial charge in [-0.3, -0.25) is 4.90 Å². The van der Waals surface area contributed by atoms with Gasteiger partial charge in [-0.2, -0.15) is 0 Å². The minimum atomic E-state index is -2.33. The van der Waals surface area contributed by atoms with Crippen LogP contribution >= 0.6 is 0 Å². The maximum Gasteiger partial charge on any atom is 0.553 e. The average Bonchev–Trinajstić information content (AvgIpc) is 2.19. The van der Waals surface area contributed by atoms with E-state index in [-0.39, 0.29) is 24.0 Å². The lowest BCUT2D eigenvalue weighted by atomic mass is 10.4. The smallest absolute Gasteiger partial charge is 0.553 e. The monoisotopic (exact) mass is 391 g/mol. The fourth-order valence-electron chi connectivity index (χ4n) is 1.98. The molecule has 3 aliphatic rings. The third-order valence-corrected chi connectivity index (χ3v) is 9.41. The van der Waals surface area contributed by atoms with Gasteiger partial charge in [0.15, 0.2) is 5.38 Å². The van der Waals surface area contributed by atoms with Gasteiger partial charge in [0.05, 0.1) is 26.1 Å². The highest BCUT2D eigenvalue weighted by Crippen LogP contribution is 2.18. The molecule has 3 heterocycles. The van der Waals surface area contributed by atoms with Crippen molar-refractivity contribution in [1.29, 1.82) is 0 Å². The van der Waals surface area contributed by atoms with Gasteiger partial charge in [-0.1, -0.05) is 0 Å². The fraction of sp³-hybridized carbons (Fsp3) is 1.00. The normalized spacial score (nSPS) is 35.3. The Morgan fingerprint density at radius 2 is 1.53 bits per heavy atom. The number of hydrogen-bond acceptors (Lipinski definition) is 4. The number of nitrogens with zero attached hydrogens (tertiary/aromatic N) is 1. The Kier molecular flexibility index (Phi) is 7.30. The molecule has 0 aromatic heterocycles. The molecular weight excluding hydrogens is 369 g/mol. The molecule has 0 spiro atoms. The van der Waals surface area contributed by atoms with Gasteiger partial charge in [-0.05, 0) is 17.8 Å². The molecule has 2 bridgehead atoms. The zero-order chi connectivity index (χ0) is 11.4. The predicted molar refractivity (Wildman–Crippen MR) is 68.7 cm³/mol. The van der Waals surface area contributed by atoms with Crippen LogP contribution in [0.25, 0.3) is 0 Å². The second kappa shape index (κ2) is 7.66. The van der Waals surface area contributed by atoms with Crippen LogP contribution in [0.1, 0.15) is 6.92 Å². The van der Waals surface area contributed by atoms with E-state index in [1.807, 2.05) is 0 Å². The number of hydrogen-bond donors (Lipinski definition) is 0. The summed E-state index contributed by atoms with van der Waals surface area (Å²) < 4.78 is 17.9. The lowest BCUT2D eigenvalue weighted by Crippen LogP contribution is -3.00. The first kappa shape index (κ1) is 16.2. The van der Waals surface area contributed by atoms with Gasteiger partial charge in [-0.15, -0.1) is 0 Å². The molecule has 3 aliphatic heterocycles. The molecule has 0 aromatic rings. The molecule has 102 valence electrons. The Morgan fingerprint density at radius 1 is 1.06 bits per heavy atom. The van der Waals surface area contributed by atoms with E-state index in [1.54, 1.807) is 0 Å². The summed E-state index contributed by atoms with van der Waals surface area (Å²) in [6.45, 7) is 7.64. The molecule has 0 saturated carbocycles. The first-order valence-electron chi connectivity index (χ1n) is 5.97. The molecule has 0 radical (unpaired) electrons. The van der Waals surface area contributed by atoms with Crippen molar-refractivity contribution in [3.05, 3.63) is 0 Å². The highest BCUT2D eigenvalue weighted by Gasteiger charge is 2.49. The molecule has 1 atom stereocenters. The van der Waals surface area contributed by atoms with E-state index >= 15 is 0 Å². The standard InChI is InChI=1S/C10H22NO3SSi.HI/c1-3-15(2)10-16-12-7-4-11(5-8-13-16)6-9-14-16;/h3-10H2,1-2H3;1H/q+1;/p-1. The van der Waals surface area contributed by atoms with E-state index in [0.717, 1.165) is 44.8 Å². The summed E-state index contributed by atoms with van der Waals surface area (Å²) in [4.78, 5) is 2.35. The highest BCUT2D eigenvalue weighted by molar-refractivity contribution is 7.97. The summed E-state index contributed by atoms with van der Waals surface area (Å²) in [5.74, 6) is 1.19. The minimum Gasteiger partial charge on any atom is -1.00 e. The van der Waals surface area contributed by atoms with Crippen LogP contribution in [0.3, 0.4) is 0 Å². The van der Waals surface area contributed by atoms with Gasteiger partial charge < -0.3 is 37.3 Å². The molecule has 3 fully saturated rings. The third-order valence-electron chi connectivity index (χ3n) is 3.10. The number of rotatable bonds is 3. The molecule has 0 amide bonds. The molecule has 0 N–H and O–H groups in total. The van der Waals surface area contributed by atoms with Crippen molar-refractivity contribution in [3.63, 3.8) is 0 Å². The van der Waals surface area contributed by atoms with E-state index in [9.17, 15) is 0 Å². The second-order valence-electron chi connectivity index (χ2n) is 4.28. The van der Waals surface area contributed by atoms with Crippen molar-refractivity contribution in [2.24, 2.45) is 0 Å². The van der Waals surface area contributed by atoms with Crippen molar-refractivity contribution in [2.45, 2.75) is 6.92 Å². The van der Waals surface area contributed by atoms with Crippen molar-refractivity contribution < 1.29 is 37.3 Å². The SMILES string of the molecule is CC[S+](C)C[Si]12OCCN(CCO1)CCO2.[I-]. The zero-order valence-electron chi connectivity index (χ0n) is 10.6. The maximum absolute atomic E-state index is 5.97. The molecule has 1 unspecified atom stereocenters. The van der Waals surface area contributed by atoms with Crippen LogP contribution in [0, 0.1) is 0 Å². The Morgan fingerprint density at radius 3 is 1.94 bits per heavy atom. The van der Waals surface area contributed by atoms with Gasteiger partial charge in [0.2, 0.25) is 0 Å². The lowest BCUT2D eigenvalue weighted by molar-refractivity contribution is -0.00464. The molecular formula is C10H22INO3SSi. The largest absolute Gasteiger partial charge is 1.00 e. The van der Waals surface area contributed by atoms with Gasteiger partial charge in [0, 0.05) is 19.6 Å². The van der Waals surface area contributed by atoms with Crippen LogP contribution in [0.15, 0.2) is 0 Å². The van der Waals surface area contributed by atoms with Gasteiger partial charge in [-0.25, -0.2) is 0 Å². The summed E-state index contributed by atoms with van der Waals surface area (Å²) in [6.07, 6.45) is 2.28. The summed E-state index contributed by atoms with van der Waals surface area (Å²) in [6, 6.07) is 0. The van der Waals surface area contributed by atoms with E-state index in [4.69, 9.17) is 13.3 Å². The second-order valence-corrected chi connectivity index (χ2v) is 9.81. The zero-order valence-corrected chi connectivity index (χ0v) is 14.6. The summed E-state index contributed by atoms with van der Waals surface area (Å²) >= 11 is 0. The van der Waals surface area contributed by atoms with Crippen LogP contribution in [-0.4, -0.2) is 70.5 Å². The Hall–Kier alpha value is 1.14. The van der Waals surface area contributed by atoms with E-state index in [1.165, 1.54) is 5.75 Å². The summed E-state index contributed by atoms with van der Waals surface area (Å²) in [7, 11) is -1.96. The van der Waals surface area contributed by atoms with E-state index < -0.39 is 8.80 Å². The van der Waals surface area contributed by atoms with E-state index in [2.05, 4.69) is 18.1 Å². The van der Waals surface area contributed by atoms with Gasteiger partial charge in [0.25, 0.3) is 0 Å². The Bertz CT molecular complexity index is 211. The molecule has 3 rings (SSSR count). The molecule has 0 aromatic carbocycles. The van der Waals surface area contributed by atoms with Crippen molar-refractivity contribution >= 4 is 19.7 Å². The van der Waals surface area contributed by atoms with Crippen molar-refractivity contribution in [1.82, 2.24) is 4.90 Å². The van der Waals surface area contributed by atoms with Crippen LogP contribution < -0.4 is 24.0 Å². The predicted octanol–water partition coefficient (Wildman–Crippen LogP) is -2.88. The minimum absolute atomic E-state index is 0. The van der Waals surface area contributed by atoms with Gasteiger partial charge in [0.1, 0.15) is 5.75 Å². The third kappa shape index (κ3) is 4.63. The molecule has 17 heavy (non-hydrogen) atoms. The lowest BCUT2D eigenvalue weighted by Gasteiger charge is -2.37.